The first-order chi connectivity index (χ1) is 9.00. The molecule has 0 unspecified atom stereocenters. The Kier molecular flexibility index (Phi) is 3.09. The minimum atomic E-state index is -1.04. The SMILES string of the molecule is Nc1ccc(F)cc1O[C@@H]1CO[C@@H]2[C@H](O)CO[C@@]21S. The third kappa shape index (κ3) is 2.06. The van der Waals surface area contributed by atoms with Crippen molar-refractivity contribution in [1.29, 1.82) is 0 Å². The minimum absolute atomic E-state index is 0.132. The Labute approximate surface area is 114 Å². The lowest BCUT2D eigenvalue weighted by atomic mass is 10.1. The number of nitrogens with two attached hydrogens (primary N) is 1. The molecule has 3 N–H and O–H groups in total. The molecule has 7 heteroatoms. The van der Waals surface area contributed by atoms with Crippen LogP contribution in [-0.4, -0.2) is 41.6 Å². The number of hydrogen-bond donors (Lipinski definition) is 3. The first kappa shape index (κ1) is 13.0. The third-order valence-electron chi connectivity index (χ3n) is 3.38. The van der Waals surface area contributed by atoms with E-state index in [1.54, 1.807) is 0 Å². The van der Waals surface area contributed by atoms with Crippen LogP contribution in [0, 0.1) is 5.82 Å². The first-order valence-corrected chi connectivity index (χ1v) is 6.33. The maximum atomic E-state index is 13.2. The Hall–Kier alpha value is -1.02. The standard InChI is InChI=1S/C12H14FNO4S/c13-6-1-2-7(14)9(3-6)18-10-5-16-11-8(15)4-17-12(10,11)19/h1-3,8,10-11,15,19H,4-5,14H2/t8-,10-,11-,12+/m1/s1. The summed E-state index contributed by atoms with van der Waals surface area (Å²) in [5, 5.41) is 9.71. The van der Waals surface area contributed by atoms with Gasteiger partial charge in [0.1, 0.15) is 23.8 Å². The van der Waals surface area contributed by atoms with E-state index in [0.717, 1.165) is 0 Å². The lowest BCUT2D eigenvalue weighted by molar-refractivity contribution is 0.00240. The number of anilines is 1. The number of nitrogen functional groups attached to an aromatic ring is 1. The normalized spacial score (nSPS) is 37.3. The van der Waals surface area contributed by atoms with Crippen LogP contribution < -0.4 is 10.5 Å². The van der Waals surface area contributed by atoms with Crippen LogP contribution in [-0.2, 0) is 9.47 Å². The number of halogens is 1. The molecular weight excluding hydrogens is 273 g/mol. The maximum Gasteiger partial charge on any atom is 0.178 e. The van der Waals surface area contributed by atoms with Crippen LogP contribution in [0.2, 0.25) is 0 Å². The number of ether oxygens (including phenoxy) is 3. The molecule has 3 rings (SSSR count). The van der Waals surface area contributed by atoms with Gasteiger partial charge in [0.25, 0.3) is 0 Å². The lowest BCUT2D eigenvalue weighted by Gasteiger charge is -2.27. The van der Waals surface area contributed by atoms with Crippen molar-refractivity contribution in [3.63, 3.8) is 0 Å². The predicted octanol–water partition coefficient (Wildman–Crippen LogP) is 0.571. The highest BCUT2D eigenvalue weighted by atomic mass is 32.1. The lowest BCUT2D eigenvalue weighted by Crippen LogP contribution is -2.44. The molecule has 0 aromatic heterocycles. The Bertz CT molecular complexity index is 503. The van der Waals surface area contributed by atoms with E-state index in [9.17, 15) is 9.50 Å². The Morgan fingerprint density at radius 3 is 3.05 bits per heavy atom. The largest absolute Gasteiger partial charge is 0.482 e. The minimum Gasteiger partial charge on any atom is -0.482 e. The van der Waals surface area contributed by atoms with Crippen molar-refractivity contribution in [2.45, 2.75) is 23.2 Å². The maximum absolute atomic E-state index is 13.2. The number of hydrogen-bond acceptors (Lipinski definition) is 6. The van der Waals surface area contributed by atoms with E-state index in [2.05, 4.69) is 12.6 Å². The van der Waals surface area contributed by atoms with Gasteiger partial charge in [-0.2, -0.15) is 0 Å². The molecule has 104 valence electrons. The molecule has 0 saturated carbocycles. The van der Waals surface area contributed by atoms with Gasteiger partial charge in [-0.3, -0.25) is 0 Å². The number of aliphatic hydroxyl groups excluding tert-OH is 1. The van der Waals surface area contributed by atoms with Crippen LogP contribution in [0.1, 0.15) is 0 Å². The van der Waals surface area contributed by atoms with Gasteiger partial charge in [0.05, 0.1) is 18.9 Å². The molecule has 0 amide bonds. The third-order valence-corrected chi connectivity index (χ3v) is 4.05. The Morgan fingerprint density at radius 1 is 1.47 bits per heavy atom. The van der Waals surface area contributed by atoms with Crippen molar-refractivity contribution in [3.8, 4) is 5.75 Å². The highest BCUT2D eigenvalue weighted by Crippen LogP contribution is 2.42. The van der Waals surface area contributed by atoms with E-state index in [1.807, 2.05) is 0 Å². The van der Waals surface area contributed by atoms with Crippen molar-refractivity contribution in [1.82, 2.24) is 0 Å². The summed E-state index contributed by atoms with van der Waals surface area (Å²) < 4.78 is 29.7. The van der Waals surface area contributed by atoms with E-state index in [4.69, 9.17) is 19.9 Å². The van der Waals surface area contributed by atoms with E-state index < -0.39 is 29.1 Å². The molecule has 2 heterocycles. The molecule has 2 saturated heterocycles. The fourth-order valence-electron chi connectivity index (χ4n) is 2.36. The zero-order valence-electron chi connectivity index (χ0n) is 9.95. The Morgan fingerprint density at radius 2 is 2.26 bits per heavy atom. The van der Waals surface area contributed by atoms with Crippen molar-refractivity contribution in [2.75, 3.05) is 18.9 Å². The quantitative estimate of drug-likeness (QED) is 0.548. The first-order valence-electron chi connectivity index (χ1n) is 5.88. The molecule has 2 aliphatic rings. The van der Waals surface area contributed by atoms with E-state index in [0.29, 0.717) is 5.69 Å². The van der Waals surface area contributed by atoms with E-state index in [-0.39, 0.29) is 19.0 Å². The van der Waals surface area contributed by atoms with Gasteiger partial charge in [0.15, 0.2) is 11.0 Å². The molecule has 2 aliphatic heterocycles. The summed E-state index contributed by atoms with van der Waals surface area (Å²) in [6, 6.07) is 3.88. The second-order valence-electron chi connectivity index (χ2n) is 4.67. The summed E-state index contributed by atoms with van der Waals surface area (Å²) in [6.07, 6.45) is -1.87. The number of thiol groups is 1. The summed E-state index contributed by atoms with van der Waals surface area (Å²) >= 11 is 4.42. The van der Waals surface area contributed by atoms with Gasteiger partial charge in [0.2, 0.25) is 0 Å². The zero-order chi connectivity index (χ0) is 13.6. The molecule has 5 nitrogen and oxygen atoms in total. The van der Waals surface area contributed by atoms with Crippen LogP contribution in [0.5, 0.6) is 5.75 Å². The van der Waals surface area contributed by atoms with Crippen LogP contribution in [0.4, 0.5) is 10.1 Å². The molecule has 19 heavy (non-hydrogen) atoms. The number of aliphatic hydroxyl groups is 1. The van der Waals surface area contributed by atoms with Gasteiger partial charge in [-0.05, 0) is 12.1 Å². The second-order valence-corrected chi connectivity index (χ2v) is 5.37. The van der Waals surface area contributed by atoms with Gasteiger partial charge in [-0.15, -0.1) is 12.6 Å². The summed E-state index contributed by atoms with van der Waals surface area (Å²) in [5.41, 5.74) is 6.05. The highest BCUT2D eigenvalue weighted by molar-refractivity contribution is 7.81. The van der Waals surface area contributed by atoms with Crippen molar-refractivity contribution in [3.05, 3.63) is 24.0 Å². The number of fused-ring (bicyclic) bond motifs is 1. The average molecular weight is 287 g/mol. The van der Waals surface area contributed by atoms with Gasteiger partial charge < -0.3 is 25.1 Å². The van der Waals surface area contributed by atoms with Crippen molar-refractivity contribution >= 4 is 18.3 Å². The monoisotopic (exact) mass is 287 g/mol. The van der Waals surface area contributed by atoms with Gasteiger partial charge in [0, 0.05) is 6.07 Å². The molecule has 1 aromatic rings. The Balaban J connectivity index is 1.83. The fourth-order valence-corrected chi connectivity index (χ4v) is 2.81. The molecular formula is C12H14FNO4S. The summed E-state index contributed by atoms with van der Waals surface area (Å²) in [5.74, 6) is -0.229. The van der Waals surface area contributed by atoms with E-state index in [1.165, 1.54) is 18.2 Å². The second kappa shape index (κ2) is 4.52. The predicted molar refractivity (Wildman–Crippen MR) is 68.6 cm³/mol. The fraction of sp³-hybridized carbons (Fsp3) is 0.500. The molecule has 0 radical (unpaired) electrons. The molecule has 0 aliphatic carbocycles. The summed E-state index contributed by atoms with van der Waals surface area (Å²) in [6.45, 7) is 0.327. The molecule has 0 bridgehead atoms. The van der Waals surface area contributed by atoms with Crippen LogP contribution in [0.3, 0.4) is 0 Å². The van der Waals surface area contributed by atoms with E-state index >= 15 is 0 Å². The number of benzene rings is 1. The van der Waals surface area contributed by atoms with Gasteiger partial charge >= 0.3 is 0 Å². The van der Waals surface area contributed by atoms with Crippen molar-refractivity contribution < 1.29 is 23.7 Å². The summed E-state index contributed by atoms with van der Waals surface area (Å²) in [7, 11) is 0. The summed E-state index contributed by atoms with van der Waals surface area (Å²) in [4.78, 5) is -1.04. The highest BCUT2D eigenvalue weighted by Gasteiger charge is 2.59. The molecule has 1 aromatic carbocycles. The zero-order valence-corrected chi connectivity index (χ0v) is 10.8. The number of rotatable bonds is 2. The molecule has 0 spiro atoms. The average Bonchev–Trinajstić information content (AvgIpc) is 2.83. The van der Waals surface area contributed by atoms with Crippen LogP contribution in [0.25, 0.3) is 0 Å². The molecule has 4 atom stereocenters. The topological polar surface area (TPSA) is 73.9 Å². The van der Waals surface area contributed by atoms with Gasteiger partial charge in [-0.25, -0.2) is 4.39 Å². The smallest absolute Gasteiger partial charge is 0.178 e. The van der Waals surface area contributed by atoms with Gasteiger partial charge in [-0.1, -0.05) is 0 Å². The van der Waals surface area contributed by atoms with Crippen molar-refractivity contribution in [2.24, 2.45) is 0 Å². The van der Waals surface area contributed by atoms with Crippen LogP contribution in [0.15, 0.2) is 18.2 Å². The van der Waals surface area contributed by atoms with Crippen LogP contribution >= 0.6 is 12.6 Å². The molecule has 2 fully saturated rings.